The Morgan fingerprint density at radius 1 is 0.711 bits per heavy atom. The fraction of sp³-hybridized carbons (Fsp3) is 0.206. The summed E-state index contributed by atoms with van der Waals surface area (Å²) in [5.41, 5.74) is 13.7. The van der Waals surface area contributed by atoms with Gasteiger partial charge in [-0.2, -0.15) is 12.1 Å². The monoisotopic (exact) mass is 674 g/mol. The summed E-state index contributed by atoms with van der Waals surface area (Å²) in [6.07, 6.45) is 3.92. The average molecular weight is 674 g/mol. The smallest absolute Gasteiger partial charge is 0.0192 e. The Labute approximate surface area is 239 Å². The van der Waals surface area contributed by atoms with Crippen molar-refractivity contribution in [1.29, 1.82) is 0 Å². The van der Waals surface area contributed by atoms with Gasteiger partial charge in [0.2, 0.25) is 0 Å². The molecule has 3 nitrogen and oxygen atoms in total. The van der Waals surface area contributed by atoms with Crippen LogP contribution in [0.1, 0.15) is 47.4 Å². The second-order valence-electron chi connectivity index (χ2n) is 10.3. The number of benzene rings is 2. The first-order chi connectivity index (χ1) is 17.7. The summed E-state index contributed by atoms with van der Waals surface area (Å²) in [7, 11) is 0. The number of hydrogen-bond donors (Lipinski definition) is 0. The minimum atomic E-state index is 0. The summed E-state index contributed by atoms with van der Waals surface area (Å²) in [4.78, 5) is 13.6. The van der Waals surface area contributed by atoms with E-state index in [1.165, 1.54) is 38.9 Å². The molecule has 0 saturated heterocycles. The third-order valence-electron chi connectivity index (χ3n) is 7.16. The molecule has 2 aromatic carbocycles. The molecule has 6 rings (SSSR count). The van der Waals surface area contributed by atoms with Crippen molar-refractivity contribution in [2.45, 2.75) is 47.0 Å². The van der Waals surface area contributed by atoms with E-state index in [1.807, 2.05) is 37.5 Å². The minimum Gasteiger partial charge on any atom is -0.318 e. The summed E-state index contributed by atoms with van der Waals surface area (Å²) in [6, 6.07) is 29.3. The Kier molecular flexibility index (Phi) is 8.06. The molecule has 0 bridgehead atoms. The van der Waals surface area contributed by atoms with E-state index in [2.05, 4.69) is 110 Å². The van der Waals surface area contributed by atoms with Crippen LogP contribution in [0.5, 0.6) is 0 Å². The molecule has 38 heavy (non-hydrogen) atoms. The number of rotatable bonds is 2. The van der Waals surface area contributed by atoms with E-state index in [0.29, 0.717) is 0 Å². The van der Waals surface area contributed by atoms with Crippen molar-refractivity contribution in [3.05, 3.63) is 125 Å². The second-order valence-corrected chi connectivity index (χ2v) is 10.3. The van der Waals surface area contributed by atoms with Crippen LogP contribution in [0.15, 0.2) is 79.1 Å². The molecule has 193 valence electrons. The van der Waals surface area contributed by atoms with E-state index < -0.39 is 0 Å². The van der Waals surface area contributed by atoms with Gasteiger partial charge in [-0.3, -0.25) is 4.98 Å². The number of fused-ring (bicyclic) bond motifs is 3. The van der Waals surface area contributed by atoms with Crippen LogP contribution in [-0.2, 0) is 25.5 Å². The van der Waals surface area contributed by atoms with Crippen molar-refractivity contribution >= 4 is 0 Å². The Morgan fingerprint density at radius 2 is 1.47 bits per heavy atom. The van der Waals surface area contributed by atoms with E-state index in [0.717, 1.165) is 28.3 Å². The molecular formula is C34H31IrN3-2. The minimum absolute atomic E-state index is 0. The van der Waals surface area contributed by atoms with Crippen molar-refractivity contribution < 1.29 is 20.1 Å². The number of aromatic nitrogens is 3. The standard InChI is InChI=1S/C20H17N2.C14H14N.Ir/c1-13-7-6-10-18(22-13)19-11-15-14-8-4-5-9-16(14)20(2,3)17(15)12-21-19;1-10-4-6-13(7-5-10)14-8-11(2)12(3)9-15-14;/h4-9,11-12H,1-3H3;4-6,8-9H,1-3H3;/q2*-1;. The van der Waals surface area contributed by atoms with Crippen LogP contribution >= 0.6 is 0 Å². The normalized spacial score (nSPS) is 12.5. The Morgan fingerprint density at radius 3 is 2.18 bits per heavy atom. The summed E-state index contributed by atoms with van der Waals surface area (Å²) in [6.45, 7) is 12.8. The summed E-state index contributed by atoms with van der Waals surface area (Å²) < 4.78 is 0. The molecule has 3 aromatic heterocycles. The summed E-state index contributed by atoms with van der Waals surface area (Å²) in [5, 5.41) is 0. The molecule has 0 saturated carbocycles. The van der Waals surface area contributed by atoms with Crippen LogP contribution in [0.2, 0.25) is 0 Å². The van der Waals surface area contributed by atoms with E-state index in [9.17, 15) is 0 Å². The number of nitrogens with zero attached hydrogens (tertiary/aromatic N) is 3. The second kappa shape index (κ2) is 11.1. The number of pyridine rings is 3. The molecule has 5 aromatic rings. The molecule has 0 fully saturated rings. The molecular weight excluding hydrogens is 643 g/mol. The Bertz CT molecular complexity index is 1590. The van der Waals surface area contributed by atoms with Gasteiger partial charge in [-0.1, -0.05) is 62.7 Å². The summed E-state index contributed by atoms with van der Waals surface area (Å²) >= 11 is 0. The quantitative estimate of drug-likeness (QED) is 0.178. The molecule has 3 heterocycles. The Hall–Kier alpha value is -3.46. The molecule has 4 heteroatoms. The molecule has 0 amide bonds. The molecule has 1 aliphatic rings. The molecule has 0 atom stereocenters. The maximum Gasteiger partial charge on any atom is 0.0192 e. The zero-order chi connectivity index (χ0) is 26.2. The first-order valence-corrected chi connectivity index (χ1v) is 12.6. The average Bonchev–Trinajstić information content (AvgIpc) is 3.13. The van der Waals surface area contributed by atoms with Gasteiger partial charge in [0.25, 0.3) is 0 Å². The molecule has 0 unspecified atom stereocenters. The van der Waals surface area contributed by atoms with E-state index in [-0.39, 0.29) is 25.5 Å². The first-order valence-electron chi connectivity index (χ1n) is 12.6. The predicted molar refractivity (Wildman–Crippen MR) is 151 cm³/mol. The van der Waals surface area contributed by atoms with E-state index >= 15 is 0 Å². The van der Waals surface area contributed by atoms with Crippen LogP contribution in [0.25, 0.3) is 33.8 Å². The van der Waals surface area contributed by atoms with Gasteiger partial charge in [0.1, 0.15) is 0 Å². The zero-order valence-electron chi connectivity index (χ0n) is 22.7. The first kappa shape index (κ1) is 27.6. The SMILES string of the molecule is Cc1c[c-]c(-c2cc(C)c(C)cn2)cc1.Cc1cc[c-]c(-c2cc3c(cn2)C(C)(C)c2ccccc2-3)n1.[Ir]. The maximum absolute atomic E-state index is 4.65. The van der Waals surface area contributed by atoms with E-state index in [1.54, 1.807) is 0 Å². The number of aryl methyl sites for hydroxylation is 4. The van der Waals surface area contributed by atoms with Gasteiger partial charge >= 0.3 is 0 Å². The topological polar surface area (TPSA) is 38.7 Å². The molecule has 0 aliphatic heterocycles. The van der Waals surface area contributed by atoms with Crippen molar-refractivity contribution in [1.82, 2.24) is 15.0 Å². The molecule has 1 radical (unpaired) electrons. The van der Waals surface area contributed by atoms with Crippen molar-refractivity contribution in [2.75, 3.05) is 0 Å². The summed E-state index contributed by atoms with van der Waals surface area (Å²) in [5.74, 6) is 0. The van der Waals surface area contributed by atoms with Gasteiger partial charge in [-0.25, -0.2) is 0 Å². The van der Waals surface area contributed by atoms with Gasteiger partial charge in [-0.05, 0) is 71.4 Å². The van der Waals surface area contributed by atoms with Crippen molar-refractivity contribution in [3.8, 4) is 33.8 Å². The number of hydrogen-bond acceptors (Lipinski definition) is 3. The van der Waals surface area contributed by atoms with Crippen LogP contribution in [-0.4, -0.2) is 15.0 Å². The molecule has 0 N–H and O–H groups in total. The van der Waals surface area contributed by atoms with Gasteiger partial charge in [0.15, 0.2) is 0 Å². The van der Waals surface area contributed by atoms with Gasteiger partial charge < -0.3 is 9.97 Å². The Balaban J connectivity index is 0.000000185. The third-order valence-corrected chi connectivity index (χ3v) is 7.16. The predicted octanol–water partition coefficient (Wildman–Crippen LogP) is 8.03. The van der Waals surface area contributed by atoms with E-state index in [4.69, 9.17) is 0 Å². The van der Waals surface area contributed by atoms with Gasteiger partial charge in [0.05, 0.1) is 0 Å². The van der Waals surface area contributed by atoms with Crippen LogP contribution in [0, 0.1) is 39.8 Å². The molecule has 1 aliphatic carbocycles. The van der Waals surface area contributed by atoms with Crippen LogP contribution < -0.4 is 0 Å². The van der Waals surface area contributed by atoms with Crippen molar-refractivity contribution in [3.63, 3.8) is 0 Å². The zero-order valence-corrected chi connectivity index (χ0v) is 25.1. The van der Waals surface area contributed by atoms with Crippen molar-refractivity contribution in [2.24, 2.45) is 0 Å². The largest absolute Gasteiger partial charge is 0.318 e. The fourth-order valence-corrected chi connectivity index (χ4v) is 4.77. The fourth-order valence-electron chi connectivity index (χ4n) is 4.77. The maximum atomic E-state index is 4.65. The van der Waals surface area contributed by atoms with Gasteiger partial charge in [0, 0.05) is 37.9 Å². The third kappa shape index (κ3) is 5.38. The van der Waals surface area contributed by atoms with Crippen LogP contribution in [0.3, 0.4) is 0 Å². The van der Waals surface area contributed by atoms with Crippen LogP contribution in [0.4, 0.5) is 0 Å². The van der Waals surface area contributed by atoms with Gasteiger partial charge in [-0.15, -0.1) is 41.5 Å². The molecule has 0 spiro atoms.